The van der Waals surface area contributed by atoms with Crippen molar-refractivity contribution in [1.29, 1.82) is 0 Å². The summed E-state index contributed by atoms with van der Waals surface area (Å²) in [5.74, 6) is 1.99. The molecule has 0 saturated carbocycles. The Balaban J connectivity index is 2.25. The van der Waals surface area contributed by atoms with Crippen molar-refractivity contribution in [3.8, 4) is 0 Å². The number of halogens is 1. The van der Waals surface area contributed by atoms with E-state index in [1.807, 2.05) is 11.8 Å². The van der Waals surface area contributed by atoms with Gasteiger partial charge in [0.05, 0.1) is 0 Å². The van der Waals surface area contributed by atoms with Crippen LogP contribution in [0.5, 0.6) is 0 Å². The van der Waals surface area contributed by atoms with Crippen molar-refractivity contribution in [2.24, 2.45) is 0 Å². The van der Waals surface area contributed by atoms with Gasteiger partial charge in [-0.15, -0.1) is 23.4 Å². The second-order valence-corrected chi connectivity index (χ2v) is 6.29. The Hall–Kier alpha value is -0.180. The number of benzene rings is 1. The molecule has 1 unspecified atom stereocenters. The van der Waals surface area contributed by atoms with Gasteiger partial charge in [0, 0.05) is 16.8 Å². The number of fused-ring (bicyclic) bond motifs is 1. The molecule has 0 spiro atoms. The van der Waals surface area contributed by atoms with Crippen LogP contribution in [-0.4, -0.2) is 30.6 Å². The van der Waals surface area contributed by atoms with E-state index in [4.69, 9.17) is 11.6 Å². The number of rotatable bonds is 4. The molecule has 0 radical (unpaired) electrons. The van der Waals surface area contributed by atoms with Crippen LogP contribution >= 0.6 is 23.4 Å². The molecule has 1 nitrogen and oxygen atoms in total. The lowest BCUT2D eigenvalue weighted by atomic mass is 9.99. The summed E-state index contributed by atoms with van der Waals surface area (Å²) in [7, 11) is 4.26. The zero-order chi connectivity index (χ0) is 12.3. The third kappa shape index (κ3) is 3.18. The third-order valence-corrected chi connectivity index (χ3v) is 4.74. The van der Waals surface area contributed by atoms with Gasteiger partial charge in [0.15, 0.2) is 0 Å². The normalized spacial score (nSPS) is 16.9. The van der Waals surface area contributed by atoms with Gasteiger partial charge < -0.3 is 4.90 Å². The fourth-order valence-electron chi connectivity index (χ4n) is 2.41. The lowest BCUT2D eigenvalue weighted by Crippen LogP contribution is -2.20. The average Bonchev–Trinajstić information content (AvgIpc) is 2.35. The van der Waals surface area contributed by atoms with Gasteiger partial charge >= 0.3 is 0 Å². The van der Waals surface area contributed by atoms with Gasteiger partial charge in [0.1, 0.15) is 0 Å². The number of hydrogen-bond donors (Lipinski definition) is 0. The summed E-state index contributed by atoms with van der Waals surface area (Å²) in [5, 5.41) is 0. The standard InChI is InChI=1S/C14H20ClNS/c1-16(2)13(7-8-15)11-5-6-14-12(10-11)4-3-9-17-14/h5-6,10,13H,3-4,7-9H2,1-2H3. The summed E-state index contributed by atoms with van der Waals surface area (Å²) >= 11 is 7.89. The molecular formula is C14H20ClNS. The van der Waals surface area contributed by atoms with E-state index in [-0.39, 0.29) is 0 Å². The van der Waals surface area contributed by atoms with Crippen LogP contribution in [0.25, 0.3) is 0 Å². The third-order valence-electron chi connectivity index (χ3n) is 3.32. The minimum Gasteiger partial charge on any atom is -0.302 e. The van der Waals surface area contributed by atoms with E-state index < -0.39 is 0 Å². The molecule has 1 heterocycles. The topological polar surface area (TPSA) is 3.24 Å². The molecule has 0 fully saturated rings. The maximum atomic E-state index is 5.90. The maximum absolute atomic E-state index is 5.90. The van der Waals surface area contributed by atoms with Crippen molar-refractivity contribution in [3.63, 3.8) is 0 Å². The van der Waals surface area contributed by atoms with Gasteiger partial charge in [0.2, 0.25) is 0 Å². The molecule has 1 aromatic rings. The predicted octanol–water partition coefficient (Wildman–Crippen LogP) is 3.96. The zero-order valence-corrected chi connectivity index (χ0v) is 12.2. The van der Waals surface area contributed by atoms with Crippen molar-refractivity contribution in [2.75, 3.05) is 25.7 Å². The van der Waals surface area contributed by atoms with Crippen molar-refractivity contribution in [1.82, 2.24) is 4.90 Å². The Bertz CT molecular complexity index is 378. The average molecular weight is 270 g/mol. The Kier molecular flexibility index (Phi) is 4.78. The van der Waals surface area contributed by atoms with Gasteiger partial charge in [-0.2, -0.15) is 0 Å². The second kappa shape index (κ2) is 6.12. The van der Waals surface area contributed by atoms with Crippen LogP contribution in [0, 0.1) is 0 Å². The highest BCUT2D eigenvalue weighted by Crippen LogP contribution is 2.33. The Labute approximate surface area is 114 Å². The maximum Gasteiger partial charge on any atom is 0.0353 e. The number of hydrogen-bond acceptors (Lipinski definition) is 2. The molecular weight excluding hydrogens is 250 g/mol. The molecule has 0 amide bonds. The van der Waals surface area contributed by atoms with Crippen LogP contribution in [0.2, 0.25) is 0 Å². The van der Waals surface area contributed by atoms with E-state index in [0.717, 1.165) is 6.42 Å². The first-order chi connectivity index (χ1) is 8.22. The smallest absolute Gasteiger partial charge is 0.0353 e. The number of alkyl halides is 1. The number of thioether (sulfide) groups is 1. The first-order valence-corrected chi connectivity index (χ1v) is 7.72. The summed E-state index contributed by atoms with van der Waals surface area (Å²) < 4.78 is 0. The molecule has 94 valence electrons. The molecule has 0 bridgehead atoms. The largest absolute Gasteiger partial charge is 0.302 e. The van der Waals surface area contributed by atoms with Gasteiger partial charge in [-0.25, -0.2) is 0 Å². The summed E-state index contributed by atoms with van der Waals surface area (Å²) in [6, 6.07) is 7.40. The minimum atomic E-state index is 0.449. The highest BCUT2D eigenvalue weighted by atomic mass is 35.5. The van der Waals surface area contributed by atoms with Crippen molar-refractivity contribution >= 4 is 23.4 Å². The van der Waals surface area contributed by atoms with Crippen molar-refractivity contribution in [3.05, 3.63) is 29.3 Å². The van der Waals surface area contributed by atoms with E-state index in [1.54, 1.807) is 0 Å². The predicted molar refractivity (Wildman–Crippen MR) is 77.3 cm³/mol. The van der Waals surface area contributed by atoms with Crippen LogP contribution in [0.15, 0.2) is 23.1 Å². The summed E-state index contributed by atoms with van der Waals surface area (Å²) in [6.45, 7) is 0. The molecule has 1 atom stereocenters. The quantitative estimate of drug-likeness (QED) is 0.762. The Morgan fingerprint density at radius 2 is 2.24 bits per heavy atom. The van der Waals surface area contributed by atoms with E-state index >= 15 is 0 Å². The monoisotopic (exact) mass is 269 g/mol. The molecule has 3 heteroatoms. The van der Waals surface area contributed by atoms with Crippen molar-refractivity contribution in [2.45, 2.75) is 30.2 Å². The minimum absolute atomic E-state index is 0.449. The van der Waals surface area contributed by atoms with E-state index in [1.165, 1.54) is 34.6 Å². The number of nitrogens with zero attached hydrogens (tertiary/aromatic N) is 1. The molecule has 0 saturated heterocycles. The first-order valence-electron chi connectivity index (χ1n) is 6.20. The van der Waals surface area contributed by atoms with Gasteiger partial charge in [-0.3, -0.25) is 0 Å². The summed E-state index contributed by atoms with van der Waals surface area (Å²) in [4.78, 5) is 3.74. The molecule has 2 rings (SSSR count). The van der Waals surface area contributed by atoms with E-state index in [2.05, 4.69) is 37.2 Å². The van der Waals surface area contributed by atoms with Crippen LogP contribution in [0.4, 0.5) is 0 Å². The lowest BCUT2D eigenvalue weighted by molar-refractivity contribution is 0.293. The SMILES string of the molecule is CN(C)C(CCCl)c1ccc2c(c1)CCCS2. The summed E-state index contributed by atoms with van der Waals surface area (Å²) in [6.07, 6.45) is 3.56. The molecule has 0 aliphatic carbocycles. The molecule has 1 aromatic carbocycles. The van der Waals surface area contributed by atoms with Crippen LogP contribution in [0.3, 0.4) is 0 Å². The summed E-state index contributed by atoms with van der Waals surface area (Å²) in [5.41, 5.74) is 2.94. The van der Waals surface area contributed by atoms with Gasteiger partial charge in [-0.05, 0) is 56.3 Å². The van der Waals surface area contributed by atoms with E-state index in [0.29, 0.717) is 11.9 Å². The molecule has 0 N–H and O–H groups in total. The van der Waals surface area contributed by atoms with Crippen molar-refractivity contribution < 1.29 is 0 Å². The fourth-order valence-corrected chi connectivity index (χ4v) is 3.64. The molecule has 0 aromatic heterocycles. The molecule has 17 heavy (non-hydrogen) atoms. The fraction of sp³-hybridized carbons (Fsp3) is 0.571. The first kappa shape index (κ1) is 13.3. The van der Waals surface area contributed by atoms with Crippen LogP contribution < -0.4 is 0 Å². The lowest BCUT2D eigenvalue weighted by Gasteiger charge is -2.26. The number of aryl methyl sites for hydroxylation is 1. The van der Waals surface area contributed by atoms with Crippen LogP contribution in [-0.2, 0) is 6.42 Å². The highest BCUT2D eigenvalue weighted by molar-refractivity contribution is 7.99. The molecule has 1 aliphatic rings. The van der Waals surface area contributed by atoms with E-state index in [9.17, 15) is 0 Å². The molecule has 1 aliphatic heterocycles. The Morgan fingerprint density at radius 1 is 1.41 bits per heavy atom. The van der Waals surface area contributed by atoms with Gasteiger partial charge in [-0.1, -0.05) is 12.1 Å². The van der Waals surface area contributed by atoms with Crippen LogP contribution in [0.1, 0.15) is 30.0 Å². The zero-order valence-electron chi connectivity index (χ0n) is 10.6. The van der Waals surface area contributed by atoms with Gasteiger partial charge in [0.25, 0.3) is 0 Å². The second-order valence-electron chi connectivity index (χ2n) is 4.78. The highest BCUT2D eigenvalue weighted by Gasteiger charge is 2.16. The Morgan fingerprint density at radius 3 is 2.94 bits per heavy atom.